The molecule has 8 heteroatoms. The Balaban J connectivity index is 1.66. The molecule has 0 bridgehead atoms. The number of amidine groups is 1. The summed E-state index contributed by atoms with van der Waals surface area (Å²) < 4.78 is 1.51. The van der Waals surface area contributed by atoms with Crippen molar-refractivity contribution in [2.75, 3.05) is 6.54 Å². The average molecular weight is 429 g/mol. The molecule has 3 rings (SSSR count). The first-order valence-corrected chi connectivity index (χ1v) is 11.5. The summed E-state index contributed by atoms with van der Waals surface area (Å²) in [6.45, 7) is 4.67. The van der Waals surface area contributed by atoms with E-state index in [9.17, 15) is 14.4 Å². The van der Waals surface area contributed by atoms with Gasteiger partial charge in [0.25, 0.3) is 11.5 Å². The van der Waals surface area contributed by atoms with Crippen molar-refractivity contribution in [3.63, 3.8) is 0 Å². The number of hydrogen-bond acceptors (Lipinski definition) is 5. The van der Waals surface area contributed by atoms with E-state index in [1.807, 2.05) is 13.0 Å². The van der Waals surface area contributed by atoms with Gasteiger partial charge in [-0.1, -0.05) is 56.9 Å². The van der Waals surface area contributed by atoms with E-state index in [1.165, 1.54) is 41.5 Å². The fourth-order valence-electron chi connectivity index (χ4n) is 3.39. The largest absolute Gasteiger partial charge is 0.291 e. The number of nitrogens with zero attached hydrogens (tertiary/aromatic N) is 4. The van der Waals surface area contributed by atoms with Crippen molar-refractivity contribution in [1.29, 1.82) is 0 Å². The van der Waals surface area contributed by atoms with Crippen LogP contribution in [0.3, 0.4) is 0 Å². The van der Waals surface area contributed by atoms with Gasteiger partial charge in [-0.3, -0.25) is 23.7 Å². The number of aromatic nitrogens is 2. The second-order valence-corrected chi connectivity index (χ2v) is 8.53. The van der Waals surface area contributed by atoms with Crippen molar-refractivity contribution >= 4 is 34.4 Å². The van der Waals surface area contributed by atoms with Crippen molar-refractivity contribution in [3.05, 3.63) is 46.0 Å². The lowest BCUT2D eigenvalue weighted by Gasteiger charge is -2.26. The Labute approximate surface area is 180 Å². The first-order chi connectivity index (χ1) is 14.5. The number of pyridine rings is 1. The van der Waals surface area contributed by atoms with Gasteiger partial charge in [-0.25, -0.2) is 4.98 Å². The highest BCUT2D eigenvalue weighted by Crippen LogP contribution is 2.21. The molecule has 2 amide bonds. The molecule has 160 valence electrons. The number of thioether (sulfide) groups is 1. The summed E-state index contributed by atoms with van der Waals surface area (Å²) >= 11 is 1.28. The van der Waals surface area contributed by atoms with Gasteiger partial charge in [-0.05, 0) is 25.0 Å². The lowest BCUT2D eigenvalue weighted by atomic mass is 10.1. The molecule has 0 saturated heterocycles. The first-order valence-electron chi connectivity index (χ1n) is 10.5. The minimum absolute atomic E-state index is 0.152. The van der Waals surface area contributed by atoms with Gasteiger partial charge in [0.05, 0.1) is 5.69 Å². The topological polar surface area (TPSA) is 84.1 Å². The van der Waals surface area contributed by atoms with Crippen LogP contribution in [-0.4, -0.2) is 37.8 Å². The maximum Gasteiger partial charge on any atom is 0.258 e. The van der Waals surface area contributed by atoms with Gasteiger partial charge in [-0.2, -0.15) is 4.99 Å². The Morgan fingerprint density at radius 1 is 1.07 bits per heavy atom. The number of carbonyl (C=O) groups excluding carboxylic acids is 2. The van der Waals surface area contributed by atoms with E-state index < -0.39 is 5.91 Å². The number of fused-ring (bicyclic) bond motifs is 1. The van der Waals surface area contributed by atoms with Crippen LogP contribution >= 0.6 is 11.8 Å². The van der Waals surface area contributed by atoms with E-state index in [0.717, 1.165) is 24.8 Å². The fourth-order valence-corrected chi connectivity index (χ4v) is 4.33. The van der Waals surface area contributed by atoms with Crippen LogP contribution in [-0.2, 0) is 15.3 Å². The molecule has 2 aromatic heterocycles. The molecule has 0 fully saturated rings. The van der Waals surface area contributed by atoms with Gasteiger partial charge < -0.3 is 0 Å². The van der Waals surface area contributed by atoms with Crippen LogP contribution in [0.15, 0.2) is 34.2 Å². The van der Waals surface area contributed by atoms with E-state index >= 15 is 0 Å². The molecule has 3 heterocycles. The van der Waals surface area contributed by atoms with Gasteiger partial charge in [-0.15, -0.1) is 0 Å². The summed E-state index contributed by atoms with van der Waals surface area (Å²) in [6, 6.07) is 5.20. The lowest BCUT2D eigenvalue weighted by Crippen LogP contribution is -2.41. The number of hydrogen-bond donors (Lipinski definition) is 0. The summed E-state index contributed by atoms with van der Waals surface area (Å²) in [6.07, 6.45) is 8.32. The van der Waals surface area contributed by atoms with Crippen molar-refractivity contribution < 1.29 is 9.59 Å². The Hall–Kier alpha value is -2.48. The smallest absolute Gasteiger partial charge is 0.258 e. The van der Waals surface area contributed by atoms with Crippen LogP contribution < -0.4 is 5.56 Å². The SMILES string of the molecule is CCCCCCCCN1C(=O)CC(=O)N=C1SCc1cc(=O)n2cc(C)ccc2n1. The fraction of sp³-hybridized carbons (Fsp3) is 0.500. The van der Waals surface area contributed by atoms with Crippen molar-refractivity contribution in [1.82, 2.24) is 14.3 Å². The maximum atomic E-state index is 12.4. The zero-order valence-corrected chi connectivity index (χ0v) is 18.4. The zero-order valence-electron chi connectivity index (χ0n) is 17.6. The Kier molecular flexibility index (Phi) is 7.79. The Bertz CT molecular complexity index is 1020. The molecule has 0 N–H and O–H groups in total. The minimum atomic E-state index is -0.413. The summed E-state index contributed by atoms with van der Waals surface area (Å²) in [5.74, 6) is -0.247. The second-order valence-electron chi connectivity index (χ2n) is 7.59. The Morgan fingerprint density at radius 3 is 2.63 bits per heavy atom. The first kappa shape index (κ1) is 22.2. The molecule has 2 aromatic rings. The molecule has 0 saturated carbocycles. The molecule has 30 heavy (non-hydrogen) atoms. The van der Waals surface area contributed by atoms with Crippen LogP contribution in [0.1, 0.15) is 63.1 Å². The number of aryl methyl sites for hydroxylation is 1. The van der Waals surface area contributed by atoms with Crippen LogP contribution in [0, 0.1) is 6.92 Å². The maximum absolute atomic E-state index is 12.4. The average Bonchev–Trinajstić information content (AvgIpc) is 2.71. The van der Waals surface area contributed by atoms with Crippen LogP contribution in [0.4, 0.5) is 0 Å². The molecule has 0 aromatic carbocycles. The van der Waals surface area contributed by atoms with Crippen LogP contribution in [0.5, 0.6) is 0 Å². The van der Waals surface area contributed by atoms with E-state index in [4.69, 9.17) is 0 Å². The summed E-state index contributed by atoms with van der Waals surface area (Å²) in [4.78, 5) is 46.8. The molecule has 0 radical (unpaired) electrons. The van der Waals surface area contributed by atoms with Gasteiger partial charge in [0, 0.05) is 24.6 Å². The predicted octanol–water partition coefficient (Wildman–Crippen LogP) is 3.71. The zero-order chi connectivity index (χ0) is 21.5. The van der Waals surface area contributed by atoms with Crippen molar-refractivity contribution in [3.8, 4) is 0 Å². The monoisotopic (exact) mass is 428 g/mol. The summed E-state index contributed by atoms with van der Waals surface area (Å²) in [7, 11) is 0. The molecule has 1 aliphatic heterocycles. The van der Waals surface area contributed by atoms with Gasteiger partial charge >= 0.3 is 0 Å². The van der Waals surface area contributed by atoms with Crippen LogP contribution in [0.25, 0.3) is 5.65 Å². The molecule has 0 spiro atoms. The Morgan fingerprint density at radius 2 is 1.83 bits per heavy atom. The normalized spacial score (nSPS) is 14.5. The minimum Gasteiger partial charge on any atom is -0.291 e. The highest BCUT2D eigenvalue weighted by molar-refractivity contribution is 8.13. The summed E-state index contributed by atoms with van der Waals surface area (Å²) in [5, 5.41) is 0.413. The molecular weight excluding hydrogens is 400 g/mol. The standard InChI is InChI=1S/C22H28N4O3S/c1-3-4-5-6-7-8-11-25-21(29)13-19(27)24-22(25)30-15-17-12-20(28)26-14-16(2)9-10-18(26)23-17/h9-10,12,14H,3-8,11,13,15H2,1-2H3. The number of carbonyl (C=O) groups is 2. The number of unbranched alkanes of at least 4 members (excludes halogenated alkanes) is 5. The molecule has 7 nitrogen and oxygen atoms in total. The third-order valence-corrected chi connectivity index (χ3v) is 6.01. The highest BCUT2D eigenvalue weighted by Gasteiger charge is 2.27. The number of aliphatic imine (C=N–C) groups is 1. The van der Waals surface area contributed by atoms with Crippen molar-refractivity contribution in [2.24, 2.45) is 4.99 Å². The van der Waals surface area contributed by atoms with Gasteiger partial charge in [0.1, 0.15) is 12.1 Å². The van der Waals surface area contributed by atoms with E-state index in [-0.39, 0.29) is 17.9 Å². The molecule has 1 aliphatic rings. The van der Waals surface area contributed by atoms with Crippen molar-refractivity contribution in [2.45, 2.75) is 64.5 Å². The van der Waals surface area contributed by atoms with Crippen LogP contribution in [0.2, 0.25) is 0 Å². The number of rotatable bonds is 9. The third kappa shape index (κ3) is 5.78. The second kappa shape index (κ2) is 10.5. The van der Waals surface area contributed by atoms with E-state index in [2.05, 4.69) is 16.9 Å². The third-order valence-electron chi connectivity index (χ3n) is 5.00. The quantitative estimate of drug-likeness (QED) is 0.449. The highest BCUT2D eigenvalue weighted by atomic mass is 32.2. The van der Waals surface area contributed by atoms with E-state index in [1.54, 1.807) is 17.2 Å². The molecular formula is C22H28N4O3S. The molecule has 0 atom stereocenters. The lowest BCUT2D eigenvalue weighted by molar-refractivity contribution is -0.133. The summed E-state index contributed by atoms with van der Waals surface area (Å²) in [5.41, 5.74) is 2.00. The number of amides is 2. The van der Waals surface area contributed by atoms with Gasteiger partial charge in [0.2, 0.25) is 5.91 Å². The molecule has 0 unspecified atom stereocenters. The van der Waals surface area contributed by atoms with E-state index in [0.29, 0.717) is 28.8 Å². The molecule has 0 aliphatic carbocycles. The van der Waals surface area contributed by atoms with Gasteiger partial charge in [0.15, 0.2) is 5.17 Å². The predicted molar refractivity (Wildman–Crippen MR) is 120 cm³/mol.